The van der Waals surface area contributed by atoms with Gasteiger partial charge in [-0.15, -0.1) is 0 Å². The Labute approximate surface area is 362 Å². The van der Waals surface area contributed by atoms with Crippen LogP contribution < -0.4 is 0 Å². The summed E-state index contributed by atoms with van der Waals surface area (Å²) in [6.45, 7) is 1.22. The van der Waals surface area contributed by atoms with E-state index < -0.39 is 48.2 Å². The number of carboxylic acid groups (broad SMARTS) is 2. The van der Waals surface area contributed by atoms with E-state index in [1.807, 2.05) is 48.5 Å². The topological polar surface area (TPSA) is 208 Å². The minimum absolute atomic E-state index is 0.0895. The van der Waals surface area contributed by atoms with Gasteiger partial charge in [-0.1, -0.05) is 48.5 Å². The summed E-state index contributed by atoms with van der Waals surface area (Å²) in [7, 11) is 3.09. The van der Waals surface area contributed by atoms with Gasteiger partial charge in [0, 0.05) is 40.4 Å². The summed E-state index contributed by atoms with van der Waals surface area (Å²) in [6, 6.07) is 15.1. The van der Waals surface area contributed by atoms with Crippen molar-refractivity contribution in [3.05, 3.63) is 70.8 Å². The fourth-order valence-electron chi connectivity index (χ4n) is 6.98. The number of carbonyl (C=O) groups is 4. The van der Waals surface area contributed by atoms with Crippen LogP contribution in [0.5, 0.6) is 0 Å². The number of likely N-dealkylation sites (N-methyl/N-ethyl adjacent to an activating group) is 2. The molecule has 0 radical (unpaired) electrons. The van der Waals surface area contributed by atoms with E-state index in [1.54, 1.807) is 14.1 Å². The van der Waals surface area contributed by atoms with Crippen LogP contribution in [0.4, 0.5) is 0 Å². The molecule has 18 nitrogen and oxygen atoms in total. The lowest BCUT2D eigenvalue weighted by Gasteiger charge is -2.29. The molecule has 6 atom stereocenters. The average Bonchev–Trinajstić information content (AvgIpc) is 3.28. The molecule has 2 aromatic rings. The smallest absolute Gasteiger partial charge is 0.336 e. The van der Waals surface area contributed by atoms with Gasteiger partial charge in [-0.3, -0.25) is 9.59 Å². The molecule has 0 bridgehead atoms. The molecule has 344 valence electrons. The summed E-state index contributed by atoms with van der Waals surface area (Å²) in [5.74, 6) is -4.06. The van der Waals surface area contributed by atoms with Gasteiger partial charge < -0.3 is 67.4 Å². The highest BCUT2D eigenvalue weighted by Gasteiger charge is 2.39. The van der Waals surface area contributed by atoms with Gasteiger partial charge in [0.25, 0.3) is 11.8 Å². The minimum atomic E-state index is -1.68. The van der Waals surface area contributed by atoms with Crippen LogP contribution in [0.2, 0.25) is 0 Å². The molecular formula is C44H62N2O16. The first-order chi connectivity index (χ1) is 30.1. The number of hydrogen-bond acceptors (Lipinski definition) is 14. The number of aliphatic carboxylic acids is 2. The summed E-state index contributed by atoms with van der Waals surface area (Å²) in [5.41, 5.74) is 3.50. The molecule has 2 amide bonds. The standard InChI is InChI=1S/C44H62N2O16/c1-45(27-31-9-13-33(14-10-31)29-61-35-7-3-5-17-55-35)41(47)37-39(43(49)50)59-25-21-54-22-26-60-40(44(51)52)38(58-24-20-53-19-23-57-37)42(48)46(2)28-32-11-15-34(16-12-32)30-62-36-8-4-6-18-56-36/h9-16,35-40H,3-8,17-30H2,1-2H3,(H,49,50)(H,51,52)/t35?,36?,37-,38-,39-,40-/m1/s1. The summed E-state index contributed by atoms with van der Waals surface area (Å²) in [6.07, 6.45) is -0.917. The quantitative estimate of drug-likeness (QED) is 0.280. The molecule has 3 saturated heterocycles. The zero-order chi connectivity index (χ0) is 44.1. The highest BCUT2D eigenvalue weighted by Crippen LogP contribution is 2.19. The Morgan fingerprint density at radius 3 is 1.15 bits per heavy atom. The van der Waals surface area contributed by atoms with Gasteiger partial charge in [0.05, 0.1) is 66.1 Å². The Balaban J connectivity index is 1.15. The van der Waals surface area contributed by atoms with Gasteiger partial charge >= 0.3 is 11.9 Å². The van der Waals surface area contributed by atoms with Crippen molar-refractivity contribution in [2.45, 2.75) is 102 Å². The van der Waals surface area contributed by atoms with Crippen LogP contribution in [-0.2, 0) is 92.9 Å². The molecule has 18 heteroatoms. The molecule has 3 aliphatic heterocycles. The third kappa shape index (κ3) is 16.2. The van der Waals surface area contributed by atoms with E-state index >= 15 is 0 Å². The molecule has 0 aliphatic carbocycles. The number of ether oxygens (including phenoxy) is 10. The van der Waals surface area contributed by atoms with Gasteiger partial charge in [-0.05, 0) is 60.8 Å². The van der Waals surface area contributed by atoms with Crippen LogP contribution in [0.25, 0.3) is 0 Å². The SMILES string of the molecule is CN(Cc1ccc(COC2CCCCO2)cc1)C(=O)[C@@H]1OCCOCCO[C@@H](C(=O)N(C)Cc2ccc(COC3CCCCO3)cc2)[C@H](C(=O)O)OCCOCCO[C@H]1C(=O)O. The van der Waals surface area contributed by atoms with Crippen molar-refractivity contribution in [1.82, 2.24) is 9.80 Å². The number of amides is 2. The molecule has 0 aromatic heterocycles. The Morgan fingerprint density at radius 2 is 0.823 bits per heavy atom. The Hall–Kier alpha value is -4.08. The molecule has 62 heavy (non-hydrogen) atoms. The van der Waals surface area contributed by atoms with Crippen LogP contribution in [0.1, 0.15) is 60.8 Å². The second-order valence-electron chi connectivity index (χ2n) is 15.3. The molecule has 0 spiro atoms. The number of carboxylic acids is 2. The lowest BCUT2D eigenvalue weighted by Crippen LogP contribution is -2.50. The first-order valence-corrected chi connectivity index (χ1v) is 21.3. The molecule has 2 unspecified atom stereocenters. The van der Waals surface area contributed by atoms with Crippen molar-refractivity contribution >= 4 is 23.8 Å². The summed E-state index contributed by atoms with van der Waals surface area (Å²) in [5, 5.41) is 20.2. The number of rotatable bonds is 14. The normalized spacial score (nSPS) is 25.1. The molecule has 3 fully saturated rings. The monoisotopic (exact) mass is 874 g/mol. The summed E-state index contributed by atoms with van der Waals surface area (Å²) < 4.78 is 57.1. The molecule has 2 aromatic carbocycles. The Bertz CT molecular complexity index is 1530. The van der Waals surface area contributed by atoms with Crippen LogP contribution in [0, 0.1) is 0 Å². The van der Waals surface area contributed by atoms with Gasteiger partial charge in [0.1, 0.15) is 0 Å². The third-order valence-corrected chi connectivity index (χ3v) is 10.4. The highest BCUT2D eigenvalue weighted by atomic mass is 16.7. The maximum Gasteiger partial charge on any atom is 0.336 e. The van der Waals surface area contributed by atoms with E-state index in [0.717, 1.165) is 60.8 Å². The van der Waals surface area contributed by atoms with E-state index in [-0.39, 0.29) is 78.5 Å². The first-order valence-electron chi connectivity index (χ1n) is 21.3. The molecule has 0 saturated carbocycles. The lowest BCUT2D eigenvalue weighted by atomic mass is 10.1. The van der Waals surface area contributed by atoms with E-state index in [1.165, 1.54) is 9.80 Å². The zero-order valence-corrected chi connectivity index (χ0v) is 35.7. The van der Waals surface area contributed by atoms with Crippen LogP contribution in [-0.4, -0.2) is 161 Å². The number of benzene rings is 2. The molecule has 2 N–H and O–H groups in total. The van der Waals surface area contributed by atoms with Gasteiger partial charge in [-0.25, -0.2) is 9.59 Å². The van der Waals surface area contributed by atoms with E-state index in [2.05, 4.69) is 0 Å². The van der Waals surface area contributed by atoms with E-state index in [9.17, 15) is 29.4 Å². The van der Waals surface area contributed by atoms with Gasteiger partial charge in [0.2, 0.25) is 0 Å². The fraction of sp³-hybridized carbons (Fsp3) is 0.636. The Kier molecular flexibility index (Phi) is 20.9. The Morgan fingerprint density at radius 1 is 0.484 bits per heavy atom. The lowest BCUT2D eigenvalue weighted by molar-refractivity contribution is -0.179. The third-order valence-electron chi connectivity index (χ3n) is 10.4. The molecular weight excluding hydrogens is 812 g/mol. The van der Waals surface area contributed by atoms with Crippen molar-refractivity contribution in [2.24, 2.45) is 0 Å². The van der Waals surface area contributed by atoms with Crippen molar-refractivity contribution in [3.8, 4) is 0 Å². The molecule has 3 aliphatic rings. The predicted molar refractivity (Wildman–Crippen MR) is 218 cm³/mol. The maximum atomic E-state index is 13.8. The second-order valence-corrected chi connectivity index (χ2v) is 15.3. The van der Waals surface area contributed by atoms with Crippen molar-refractivity contribution in [2.75, 3.05) is 80.2 Å². The largest absolute Gasteiger partial charge is 0.479 e. The average molecular weight is 875 g/mol. The van der Waals surface area contributed by atoms with Crippen molar-refractivity contribution in [3.63, 3.8) is 0 Å². The van der Waals surface area contributed by atoms with Crippen molar-refractivity contribution < 1.29 is 76.8 Å². The van der Waals surface area contributed by atoms with E-state index in [0.29, 0.717) is 26.4 Å². The van der Waals surface area contributed by atoms with Crippen LogP contribution >= 0.6 is 0 Å². The second kappa shape index (κ2) is 26.5. The van der Waals surface area contributed by atoms with Crippen molar-refractivity contribution in [1.29, 1.82) is 0 Å². The zero-order valence-electron chi connectivity index (χ0n) is 35.7. The van der Waals surface area contributed by atoms with Gasteiger partial charge in [-0.2, -0.15) is 0 Å². The van der Waals surface area contributed by atoms with Gasteiger partial charge in [0.15, 0.2) is 37.0 Å². The van der Waals surface area contributed by atoms with Crippen LogP contribution in [0.15, 0.2) is 48.5 Å². The van der Waals surface area contributed by atoms with Crippen LogP contribution in [0.3, 0.4) is 0 Å². The fourth-order valence-corrected chi connectivity index (χ4v) is 6.98. The number of hydrogen-bond donors (Lipinski definition) is 2. The van der Waals surface area contributed by atoms with E-state index in [4.69, 9.17) is 47.4 Å². The number of nitrogens with zero attached hydrogens (tertiary/aromatic N) is 2. The summed E-state index contributed by atoms with van der Waals surface area (Å²) in [4.78, 5) is 55.1. The molecule has 5 rings (SSSR count). The molecule has 3 heterocycles. The minimum Gasteiger partial charge on any atom is -0.479 e. The number of carbonyl (C=O) groups excluding carboxylic acids is 2. The highest BCUT2D eigenvalue weighted by molar-refractivity contribution is 5.88. The summed E-state index contributed by atoms with van der Waals surface area (Å²) >= 11 is 0. The maximum absolute atomic E-state index is 13.8. The predicted octanol–water partition coefficient (Wildman–Crippen LogP) is 3.15. The first kappa shape index (κ1) is 48.9.